The van der Waals surface area contributed by atoms with Crippen LogP contribution in [0.4, 0.5) is 0 Å². The average Bonchev–Trinajstić information content (AvgIpc) is 2.70. The van der Waals surface area contributed by atoms with Gasteiger partial charge < -0.3 is 4.74 Å². The van der Waals surface area contributed by atoms with Gasteiger partial charge in [0.15, 0.2) is 0 Å². The van der Waals surface area contributed by atoms with E-state index in [4.69, 9.17) is 4.74 Å². The van der Waals surface area contributed by atoms with Gasteiger partial charge in [0.25, 0.3) is 5.56 Å². The zero-order valence-corrected chi connectivity index (χ0v) is 9.29. The van der Waals surface area contributed by atoms with E-state index < -0.39 is 0 Å². The van der Waals surface area contributed by atoms with Gasteiger partial charge in [-0.15, -0.1) is 11.3 Å². The van der Waals surface area contributed by atoms with E-state index in [1.807, 2.05) is 11.4 Å². The second-order valence-electron chi connectivity index (χ2n) is 3.22. The summed E-state index contributed by atoms with van der Waals surface area (Å²) in [7, 11) is 1.66. The van der Waals surface area contributed by atoms with Crippen LogP contribution >= 0.6 is 11.3 Å². The van der Waals surface area contributed by atoms with E-state index >= 15 is 0 Å². The third-order valence-electron chi connectivity index (χ3n) is 2.18. The molecule has 4 nitrogen and oxygen atoms in total. The normalized spacial score (nSPS) is 11.0. The Kier molecular flexibility index (Phi) is 3.13. The van der Waals surface area contributed by atoms with Gasteiger partial charge in [0.1, 0.15) is 4.70 Å². The lowest BCUT2D eigenvalue weighted by Gasteiger charge is -2.03. The van der Waals surface area contributed by atoms with Crippen LogP contribution in [0.15, 0.2) is 22.6 Å². The van der Waals surface area contributed by atoms with Gasteiger partial charge in [-0.1, -0.05) is 0 Å². The minimum absolute atomic E-state index is 0.0473. The van der Waals surface area contributed by atoms with Gasteiger partial charge in [0, 0.05) is 20.3 Å². The number of aryl methyl sites for hydroxylation is 1. The molecule has 0 saturated heterocycles. The first kappa shape index (κ1) is 10.3. The molecule has 2 aromatic heterocycles. The smallest absolute Gasteiger partial charge is 0.271 e. The molecule has 0 saturated carbocycles. The number of thiophene rings is 1. The molecule has 0 aliphatic carbocycles. The molecule has 0 atom stereocenters. The van der Waals surface area contributed by atoms with Crippen molar-refractivity contribution in [1.82, 2.24) is 9.55 Å². The highest BCUT2D eigenvalue weighted by molar-refractivity contribution is 7.17. The van der Waals surface area contributed by atoms with Gasteiger partial charge in [-0.25, -0.2) is 4.98 Å². The van der Waals surface area contributed by atoms with Crippen molar-refractivity contribution in [2.75, 3.05) is 13.7 Å². The van der Waals surface area contributed by atoms with Crippen molar-refractivity contribution in [3.8, 4) is 0 Å². The van der Waals surface area contributed by atoms with Crippen LogP contribution in [0, 0.1) is 0 Å². The molecule has 0 unspecified atom stereocenters. The summed E-state index contributed by atoms with van der Waals surface area (Å²) < 4.78 is 7.31. The van der Waals surface area contributed by atoms with E-state index in [1.54, 1.807) is 18.0 Å². The minimum atomic E-state index is 0.0473. The maximum absolute atomic E-state index is 11.9. The quantitative estimate of drug-likeness (QED) is 0.739. The zero-order valence-electron chi connectivity index (χ0n) is 8.47. The van der Waals surface area contributed by atoms with Crippen molar-refractivity contribution in [2.45, 2.75) is 13.0 Å². The van der Waals surface area contributed by atoms with Crippen LogP contribution < -0.4 is 5.56 Å². The van der Waals surface area contributed by atoms with Crippen LogP contribution in [-0.2, 0) is 11.3 Å². The molecule has 0 radical (unpaired) electrons. The summed E-state index contributed by atoms with van der Waals surface area (Å²) in [5.74, 6) is 0. The highest BCUT2D eigenvalue weighted by atomic mass is 32.1. The van der Waals surface area contributed by atoms with E-state index in [2.05, 4.69) is 4.98 Å². The van der Waals surface area contributed by atoms with Crippen LogP contribution in [0.2, 0.25) is 0 Å². The Morgan fingerprint density at radius 1 is 1.60 bits per heavy atom. The highest BCUT2D eigenvalue weighted by Crippen LogP contribution is 2.13. The lowest BCUT2D eigenvalue weighted by molar-refractivity contribution is 0.190. The summed E-state index contributed by atoms with van der Waals surface area (Å²) in [6.45, 7) is 1.32. The van der Waals surface area contributed by atoms with Crippen molar-refractivity contribution >= 4 is 21.6 Å². The molecule has 0 amide bonds. The van der Waals surface area contributed by atoms with Crippen LogP contribution in [0.3, 0.4) is 0 Å². The third kappa shape index (κ3) is 2.08. The van der Waals surface area contributed by atoms with Crippen molar-refractivity contribution in [1.29, 1.82) is 0 Å². The second-order valence-corrected chi connectivity index (χ2v) is 4.14. The third-order valence-corrected chi connectivity index (χ3v) is 3.07. The number of methoxy groups -OCH3 is 1. The average molecular weight is 224 g/mol. The topological polar surface area (TPSA) is 44.1 Å². The van der Waals surface area contributed by atoms with Crippen LogP contribution in [0.5, 0.6) is 0 Å². The molecule has 0 aromatic carbocycles. The van der Waals surface area contributed by atoms with Gasteiger partial charge in [0.2, 0.25) is 0 Å². The number of aromatic nitrogens is 2. The summed E-state index contributed by atoms with van der Waals surface area (Å²) in [5, 5.41) is 1.89. The fourth-order valence-electron chi connectivity index (χ4n) is 1.42. The van der Waals surface area contributed by atoms with Crippen molar-refractivity contribution < 1.29 is 4.74 Å². The van der Waals surface area contributed by atoms with Crippen LogP contribution in [0.25, 0.3) is 10.2 Å². The molecule has 2 aromatic rings. The number of nitrogens with zero attached hydrogens (tertiary/aromatic N) is 2. The largest absolute Gasteiger partial charge is 0.385 e. The standard InChI is InChI=1S/C10H12N2O2S/c1-14-5-2-4-12-7-11-8-3-6-15-9(8)10(12)13/h3,6-7H,2,4-5H2,1H3. The van der Waals surface area contributed by atoms with Crippen molar-refractivity contribution in [2.24, 2.45) is 0 Å². The Balaban J connectivity index is 2.28. The molecule has 2 heterocycles. The molecule has 15 heavy (non-hydrogen) atoms. The van der Waals surface area contributed by atoms with Gasteiger partial charge in [-0.3, -0.25) is 9.36 Å². The van der Waals surface area contributed by atoms with Gasteiger partial charge >= 0.3 is 0 Å². The first-order valence-corrected chi connectivity index (χ1v) is 5.62. The molecule has 0 aliphatic rings. The fourth-order valence-corrected chi connectivity index (χ4v) is 2.21. The Morgan fingerprint density at radius 2 is 2.47 bits per heavy atom. The fraction of sp³-hybridized carbons (Fsp3) is 0.400. The number of ether oxygens (including phenoxy) is 1. The first-order chi connectivity index (χ1) is 7.33. The summed E-state index contributed by atoms with van der Waals surface area (Å²) in [4.78, 5) is 16.1. The number of fused-ring (bicyclic) bond motifs is 1. The Bertz CT molecular complexity index is 503. The van der Waals surface area contributed by atoms with E-state index in [9.17, 15) is 4.79 Å². The summed E-state index contributed by atoms with van der Waals surface area (Å²) >= 11 is 1.44. The SMILES string of the molecule is COCCCn1cnc2ccsc2c1=O. The summed E-state index contributed by atoms with van der Waals surface area (Å²) in [6, 6.07) is 1.86. The van der Waals surface area contributed by atoms with E-state index in [1.165, 1.54) is 11.3 Å². The molecule has 0 aliphatic heterocycles. The van der Waals surface area contributed by atoms with Gasteiger partial charge in [-0.2, -0.15) is 0 Å². The monoisotopic (exact) mass is 224 g/mol. The Hall–Kier alpha value is -1.20. The van der Waals surface area contributed by atoms with Gasteiger partial charge in [0.05, 0.1) is 11.8 Å². The van der Waals surface area contributed by atoms with E-state index in [0.29, 0.717) is 13.2 Å². The predicted octanol–water partition coefficient (Wildman–Crippen LogP) is 1.49. The molecular formula is C10H12N2O2S. The second kappa shape index (κ2) is 4.55. The molecule has 0 N–H and O–H groups in total. The van der Waals surface area contributed by atoms with Crippen molar-refractivity contribution in [3.63, 3.8) is 0 Å². The van der Waals surface area contributed by atoms with Gasteiger partial charge in [-0.05, 0) is 17.9 Å². The minimum Gasteiger partial charge on any atom is -0.385 e. The number of hydrogen-bond donors (Lipinski definition) is 0. The Morgan fingerprint density at radius 3 is 3.27 bits per heavy atom. The van der Waals surface area contributed by atoms with E-state index in [0.717, 1.165) is 16.6 Å². The maximum atomic E-state index is 11.9. The number of hydrogen-bond acceptors (Lipinski definition) is 4. The molecular weight excluding hydrogens is 212 g/mol. The van der Waals surface area contributed by atoms with E-state index in [-0.39, 0.29) is 5.56 Å². The molecule has 0 fully saturated rings. The zero-order chi connectivity index (χ0) is 10.7. The molecule has 5 heteroatoms. The summed E-state index contributed by atoms with van der Waals surface area (Å²) in [6.07, 6.45) is 2.43. The van der Waals surface area contributed by atoms with Crippen LogP contribution in [-0.4, -0.2) is 23.3 Å². The highest BCUT2D eigenvalue weighted by Gasteiger charge is 2.04. The molecule has 0 bridgehead atoms. The molecule has 2 rings (SSSR count). The lowest BCUT2D eigenvalue weighted by atomic mass is 10.4. The Labute approximate surface area is 91.1 Å². The maximum Gasteiger partial charge on any atom is 0.271 e. The van der Waals surface area contributed by atoms with Crippen molar-refractivity contribution in [3.05, 3.63) is 28.1 Å². The molecule has 80 valence electrons. The first-order valence-electron chi connectivity index (χ1n) is 4.74. The lowest BCUT2D eigenvalue weighted by Crippen LogP contribution is -2.20. The number of rotatable bonds is 4. The predicted molar refractivity (Wildman–Crippen MR) is 60.4 cm³/mol. The summed E-state index contributed by atoms with van der Waals surface area (Å²) in [5.41, 5.74) is 0.832. The van der Waals surface area contributed by atoms with Crippen LogP contribution in [0.1, 0.15) is 6.42 Å². The molecule has 0 spiro atoms.